The second-order valence-corrected chi connectivity index (χ2v) is 6.80. The topological polar surface area (TPSA) is 87.7 Å². The quantitative estimate of drug-likeness (QED) is 0.809. The number of nitrogens with zero attached hydrogens (tertiary/aromatic N) is 1. The van der Waals surface area contributed by atoms with Gasteiger partial charge in [0.2, 0.25) is 0 Å². The molecule has 3 amide bonds. The number of carbonyl (C=O) groups excluding carboxylic acids is 3. The zero-order chi connectivity index (χ0) is 18.5. The number of hydrogen-bond donors (Lipinski definition) is 2. The van der Waals surface area contributed by atoms with E-state index >= 15 is 0 Å². The molecule has 0 saturated carbocycles. The fraction of sp³-hybridized carbons (Fsp3) is 0.278. The third-order valence-corrected chi connectivity index (χ3v) is 5.13. The van der Waals surface area contributed by atoms with Crippen molar-refractivity contribution in [1.29, 1.82) is 0 Å². The van der Waals surface area contributed by atoms with Gasteiger partial charge in [-0.1, -0.05) is 6.07 Å². The Balaban J connectivity index is 1.62. The molecule has 7 nitrogen and oxygen atoms in total. The molecule has 1 saturated heterocycles. The van der Waals surface area contributed by atoms with E-state index in [4.69, 9.17) is 0 Å². The number of nitrogens with one attached hydrogen (secondary N) is 2. The predicted molar refractivity (Wildman–Crippen MR) is 99.1 cm³/mol. The number of ether oxygens (including phenoxy) is 1. The van der Waals surface area contributed by atoms with Crippen LogP contribution in [0.3, 0.4) is 0 Å². The van der Waals surface area contributed by atoms with E-state index in [9.17, 15) is 14.4 Å². The molecular formula is C18H19N3O4S. The van der Waals surface area contributed by atoms with Crippen molar-refractivity contribution in [2.24, 2.45) is 0 Å². The van der Waals surface area contributed by atoms with Crippen molar-refractivity contribution in [2.75, 3.05) is 24.3 Å². The molecule has 2 N–H and O–H groups in total. The Morgan fingerprint density at radius 1 is 1.12 bits per heavy atom. The summed E-state index contributed by atoms with van der Waals surface area (Å²) >= 11 is 1.59. The number of likely N-dealkylation sites (tertiary alicyclic amines) is 1. The average Bonchev–Trinajstić information content (AvgIpc) is 3.33. The molecular weight excluding hydrogens is 354 g/mol. The highest BCUT2D eigenvalue weighted by Gasteiger charge is 2.33. The van der Waals surface area contributed by atoms with E-state index < -0.39 is 17.9 Å². The van der Waals surface area contributed by atoms with Crippen LogP contribution < -0.4 is 10.6 Å². The molecule has 0 unspecified atom stereocenters. The van der Waals surface area contributed by atoms with Gasteiger partial charge in [-0.15, -0.1) is 11.3 Å². The Kier molecular flexibility index (Phi) is 5.52. The van der Waals surface area contributed by atoms with E-state index in [-0.39, 0.29) is 6.04 Å². The van der Waals surface area contributed by atoms with Gasteiger partial charge in [-0.05, 0) is 48.6 Å². The molecule has 0 aliphatic carbocycles. The van der Waals surface area contributed by atoms with Gasteiger partial charge < -0.3 is 15.0 Å². The van der Waals surface area contributed by atoms with Gasteiger partial charge in [0.15, 0.2) is 0 Å². The Hall–Kier alpha value is -2.87. The highest BCUT2D eigenvalue weighted by Crippen LogP contribution is 2.34. The van der Waals surface area contributed by atoms with E-state index in [2.05, 4.69) is 15.4 Å². The van der Waals surface area contributed by atoms with Gasteiger partial charge in [0.1, 0.15) is 0 Å². The van der Waals surface area contributed by atoms with Crippen molar-refractivity contribution in [3.05, 3.63) is 46.7 Å². The van der Waals surface area contributed by atoms with E-state index in [1.807, 2.05) is 17.5 Å². The first-order valence-electron chi connectivity index (χ1n) is 8.19. The minimum atomic E-state index is -0.665. The van der Waals surface area contributed by atoms with E-state index in [0.29, 0.717) is 17.9 Å². The van der Waals surface area contributed by atoms with Crippen LogP contribution in [0.25, 0.3) is 0 Å². The number of rotatable bonds is 3. The highest BCUT2D eigenvalue weighted by molar-refractivity contribution is 7.10. The summed E-state index contributed by atoms with van der Waals surface area (Å²) in [6, 6.07) is 10.4. The zero-order valence-corrected chi connectivity index (χ0v) is 15.0. The lowest BCUT2D eigenvalue weighted by molar-refractivity contribution is -0.143. The fourth-order valence-corrected chi connectivity index (χ4v) is 3.78. The number of carbonyl (C=O) groups is 3. The Morgan fingerprint density at radius 2 is 1.81 bits per heavy atom. The second kappa shape index (κ2) is 8.01. The van der Waals surface area contributed by atoms with Crippen molar-refractivity contribution in [3.8, 4) is 0 Å². The average molecular weight is 373 g/mol. The van der Waals surface area contributed by atoms with Crippen LogP contribution in [-0.2, 0) is 14.3 Å². The van der Waals surface area contributed by atoms with Crippen LogP contribution in [0.2, 0.25) is 0 Å². The van der Waals surface area contributed by atoms with Gasteiger partial charge in [0.25, 0.3) is 0 Å². The minimum absolute atomic E-state index is 0.0279. The number of methoxy groups -OCH3 is 1. The van der Waals surface area contributed by atoms with Crippen molar-refractivity contribution in [3.63, 3.8) is 0 Å². The van der Waals surface area contributed by atoms with Crippen molar-refractivity contribution in [1.82, 2.24) is 4.90 Å². The second-order valence-electron chi connectivity index (χ2n) is 5.82. The van der Waals surface area contributed by atoms with Gasteiger partial charge in [-0.2, -0.15) is 0 Å². The minimum Gasteiger partial charge on any atom is -0.453 e. The number of benzene rings is 1. The van der Waals surface area contributed by atoms with Gasteiger partial charge in [-0.25, -0.2) is 4.79 Å². The fourth-order valence-electron chi connectivity index (χ4n) is 2.91. The van der Waals surface area contributed by atoms with Crippen LogP contribution in [0.4, 0.5) is 16.2 Å². The molecule has 1 aliphatic heterocycles. The summed E-state index contributed by atoms with van der Waals surface area (Å²) in [5, 5.41) is 7.09. The third kappa shape index (κ3) is 4.02. The molecule has 1 atom stereocenters. The molecule has 2 aromatic rings. The normalized spacial score (nSPS) is 16.2. The number of anilines is 2. The highest BCUT2D eigenvalue weighted by atomic mass is 32.1. The van der Waals surface area contributed by atoms with E-state index in [1.54, 1.807) is 40.5 Å². The number of amides is 3. The molecule has 1 fully saturated rings. The predicted octanol–water partition coefficient (Wildman–Crippen LogP) is 3.23. The molecule has 26 heavy (non-hydrogen) atoms. The summed E-state index contributed by atoms with van der Waals surface area (Å²) in [6.07, 6.45) is 1.17. The molecule has 0 radical (unpaired) electrons. The van der Waals surface area contributed by atoms with Crippen LogP contribution in [0.5, 0.6) is 0 Å². The van der Waals surface area contributed by atoms with Crippen LogP contribution >= 0.6 is 11.3 Å². The van der Waals surface area contributed by atoms with Crippen molar-refractivity contribution >= 4 is 40.6 Å². The lowest BCUT2D eigenvalue weighted by Crippen LogP contribution is -2.39. The first kappa shape index (κ1) is 17.9. The maximum Gasteiger partial charge on any atom is 0.411 e. The summed E-state index contributed by atoms with van der Waals surface area (Å²) < 4.78 is 4.51. The van der Waals surface area contributed by atoms with Crippen molar-refractivity contribution < 1.29 is 19.1 Å². The molecule has 1 aromatic carbocycles. The van der Waals surface area contributed by atoms with Gasteiger partial charge in [-0.3, -0.25) is 14.9 Å². The summed E-state index contributed by atoms with van der Waals surface area (Å²) in [5.74, 6) is -1.19. The number of hydrogen-bond acceptors (Lipinski definition) is 5. The Bertz CT molecular complexity index is 789. The standard InChI is InChI=1S/C18H19N3O4S/c1-25-18(24)20-13-8-6-12(7-9-13)19-16(22)17(23)21-10-2-4-14(21)15-5-3-11-26-15/h3,5-9,11,14H,2,4,10H2,1H3,(H,19,22)(H,20,24)/t14-/m0/s1. The largest absolute Gasteiger partial charge is 0.453 e. The summed E-state index contributed by atoms with van der Waals surface area (Å²) in [7, 11) is 1.28. The van der Waals surface area contributed by atoms with Crippen LogP contribution in [0.15, 0.2) is 41.8 Å². The lowest BCUT2D eigenvalue weighted by Gasteiger charge is -2.23. The molecule has 0 spiro atoms. The lowest BCUT2D eigenvalue weighted by atomic mass is 10.2. The third-order valence-electron chi connectivity index (χ3n) is 4.15. The molecule has 1 aliphatic rings. The molecule has 0 bridgehead atoms. The summed E-state index contributed by atoms with van der Waals surface area (Å²) in [5.41, 5.74) is 1.00. The van der Waals surface area contributed by atoms with Gasteiger partial charge in [0.05, 0.1) is 13.2 Å². The van der Waals surface area contributed by atoms with Crippen molar-refractivity contribution in [2.45, 2.75) is 18.9 Å². The Morgan fingerprint density at radius 3 is 2.42 bits per heavy atom. The maximum absolute atomic E-state index is 12.6. The van der Waals surface area contributed by atoms with E-state index in [0.717, 1.165) is 17.7 Å². The van der Waals surface area contributed by atoms with E-state index in [1.165, 1.54) is 7.11 Å². The number of thiophene rings is 1. The molecule has 8 heteroatoms. The van der Waals surface area contributed by atoms with Crippen LogP contribution in [-0.4, -0.2) is 36.5 Å². The molecule has 136 valence electrons. The first-order chi connectivity index (χ1) is 12.6. The van der Waals surface area contributed by atoms with Crippen LogP contribution in [0, 0.1) is 0 Å². The van der Waals surface area contributed by atoms with Gasteiger partial charge >= 0.3 is 17.9 Å². The maximum atomic E-state index is 12.6. The zero-order valence-electron chi connectivity index (χ0n) is 14.2. The molecule has 2 heterocycles. The van der Waals surface area contributed by atoms with Crippen LogP contribution in [0.1, 0.15) is 23.8 Å². The summed E-state index contributed by atoms with van der Waals surface area (Å²) in [4.78, 5) is 38.8. The smallest absolute Gasteiger partial charge is 0.411 e. The molecule has 3 rings (SSSR count). The Labute approximate surface area is 155 Å². The van der Waals surface area contributed by atoms with Gasteiger partial charge in [0, 0.05) is 22.8 Å². The monoisotopic (exact) mass is 373 g/mol. The first-order valence-corrected chi connectivity index (χ1v) is 9.07. The summed E-state index contributed by atoms with van der Waals surface area (Å²) in [6.45, 7) is 0.580. The molecule has 1 aromatic heterocycles. The SMILES string of the molecule is COC(=O)Nc1ccc(NC(=O)C(=O)N2CCC[C@H]2c2cccs2)cc1.